The molecule has 3 rings (SSSR count). The first-order chi connectivity index (χ1) is 13.0. The first-order valence-electron chi connectivity index (χ1n) is 8.06. The summed E-state index contributed by atoms with van der Waals surface area (Å²) in [5.41, 5.74) is 1.81. The number of amides is 3. The molecule has 0 unspecified atom stereocenters. The molecule has 0 atom stereocenters. The average Bonchev–Trinajstić information content (AvgIpc) is 3.32. The van der Waals surface area contributed by atoms with E-state index in [1.54, 1.807) is 24.5 Å². The van der Waals surface area contributed by atoms with Crippen LogP contribution < -0.4 is 10.6 Å². The van der Waals surface area contributed by atoms with E-state index in [0.29, 0.717) is 15.9 Å². The van der Waals surface area contributed by atoms with Crippen molar-refractivity contribution in [3.8, 4) is 5.69 Å². The number of imidazole rings is 1. The van der Waals surface area contributed by atoms with Crippen LogP contribution in [0.4, 0.5) is 4.79 Å². The normalized spacial score (nSPS) is 10.6. The van der Waals surface area contributed by atoms with Crippen LogP contribution in [-0.2, 0) is 11.3 Å². The van der Waals surface area contributed by atoms with E-state index in [1.807, 2.05) is 29.7 Å². The highest BCUT2D eigenvalue weighted by Crippen LogP contribution is 2.26. The van der Waals surface area contributed by atoms with Gasteiger partial charge in [-0.05, 0) is 36.8 Å². The van der Waals surface area contributed by atoms with Gasteiger partial charge in [0.2, 0.25) is 5.91 Å². The summed E-state index contributed by atoms with van der Waals surface area (Å²) in [6.07, 6.45) is 4.96. The van der Waals surface area contributed by atoms with Crippen molar-refractivity contribution in [2.24, 2.45) is 0 Å². The van der Waals surface area contributed by atoms with Gasteiger partial charge in [-0.25, -0.2) is 9.78 Å². The molecule has 9 heteroatoms. The Morgan fingerprint density at radius 1 is 1.30 bits per heavy atom. The van der Waals surface area contributed by atoms with Crippen LogP contribution in [0.3, 0.4) is 0 Å². The number of rotatable bonds is 6. The van der Waals surface area contributed by atoms with Crippen molar-refractivity contribution in [1.29, 1.82) is 0 Å². The average molecular weight is 405 g/mol. The van der Waals surface area contributed by atoms with Gasteiger partial charge in [0.1, 0.15) is 5.76 Å². The van der Waals surface area contributed by atoms with Crippen LogP contribution in [0.15, 0.2) is 58.6 Å². The number of nitrogens with zero attached hydrogens (tertiary/aromatic N) is 2. The zero-order valence-corrected chi connectivity index (χ0v) is 16.0. The van der Waals surface area contributed by atoms with Gasteiger partial charge in [-0.15, -0.1) is 0 Å². The molecule has 7 nitrogen and oxygen atoms in total. The molecule has 0 aliphatic carbocycles. The molecule has 0 spiro atoms. The number of furan rings is 1. The molecule has 3 amide bonds. The first-order valence-corrected chi connectivity index (χ1v) is 9.42. The molecular formula is C18H17ClN4O3S. The Kier molecular flexibility index (Phi) is 6.20. The van der Waals surface area contributed by atoms with Crippen LogP contribution in [0, 0.1) is 6.92 Å². The second-order valence-corrected chi connectivity index (χ2v) is 6.91. The van der Waals surface area contributed by atoms with Gasteiger partial charge in [0.15, 0.2) is 5.16 Å². The molecule has 0 fully saturated rings. The lowest BCUT2D eigenvalue weighted by molar-refractivity contribution is -0.117. The van der Waals surface area contributed by atoms with Crippen molar-refractivity contribution in [2.75, 3.05) is 5.75 Å². The van der Waals surface area contributed by atoms with Crippen molar-refractivity contribution >= 4 is 35.3 Å². The summed E-state index contributed by atoms with van der Waals surface area (Å²) < 4.78 is 6.96. The molecule has 2 N–H and O–H groups in total. The Morgan fingerprint density at radius 3 is 2.93 bits per heavy atom. The number of halogens is 1. The van der Waals surface area contributed by atoms with Crippen molar-refractivity contribution in [2.45, 2.75) is 18.6 Å². The van der Waals surface area contributed by atoms with Crippen molar-refractivity contribution in [1.82, 2.24) is 20.2 Å². The van der Waals surface area contributed by atoms with E-state index in [0.717, 1.165) is 11.3 Å². The summed E-state index contributed by atoms with van der Waals surface area (Å²) in [5.74, 6) is 0.227. The summed E-state index contributed by atoms with van der Waals surface area (Å²) in [5, 5.41) is 6.11. The molecule has 0 saturated carbocycles. The fourth-order valence-electron chi connectivity index (χ4n) is 2.35. The quantitative estimate of drug-likeness (QED) is 0.613. The van der Waals surface area contributed by atoms with Gasteiger partial charge in [-0.1, -0.05) is 29.4 Å². The predicted octanol–water partition coefficient (Wildman–Crippen LogP) is 3.55. The maximum Gasteiger partial charge on any atom is 0.321 e. The zero-order valence-electron chi connectivity index (χ0n) is 14.4. The summed E-state index contributed by atoms with van der Waals surface area (Å²) in [7, 11) is 0. The fourth-order valence-corrected chi connectivity index (χ4v) is 3.29. The number of benzene rings is 1. The highest BCUT2D eigenvalue weighted by atomic mass is 35.5. The molecule has 1 aromatic carbocycles. The zero-order chi connectivity index (χ0) is 19.2. The number of nitrogens with one attached hydrogen (secondary N) is 2. The smallest absolute Gasteiger partial charge is 0.321 e. The molecule has 0 aliphatic rings. The van der Waals surface area contributed by atoms with E-state index in [2.05, 4.69) is 15.6 Å². The molecule has 0 bridgehead atoms. The Labute approximate surface area is 165 Å². The summed E-state index contributed by atoms with van der Waals surface area (Å²) in [4.78, 5) is 28.0. The van der Waals surface area contributed by atoms with Crippen LogP contribution in [0.5, 0.6) is 0 Å². The van der Waals surface area contributed by atoms with Crippen molar-refractivity contribution in [3.05, 3.63) is 65.3 Å². The highest BCUT2D eigenvalue weighted by molar-refractivity contribution is 7.99. The van der Waals surface area contributed by atoms with E-state index in [4.69, 9.17) is 16.0 Å². The van der Waals surface area contributed by atoms with E-state index in [9.17, 15) is 9.59 Å². The molecule has 2 heterocycles. The first kappa shape index (κ1) is 19.1. The Balaban J connectivity index is 1.54. The molecule has 27 heavy (non-hydrogen) atoms. The Morgan fingerprint density at radius 2 is 2.15 bits per heavy atom. The number of imide groups is 1. The minimum absolute atomic E-state index is 0.0464. The number of hydrogen-bond acceptors (Lipinski definition) is 5. The van der Waals surface area contributed by atoms with Gasteiger partial charge in [-0.3, -0.25) is 14.7 Å². The van der Waals surface area contributed by atoms with Gasteiger partial charge in [0.25, 0.3) is 0 Å². The van der Waals surface area contributed by atoms with Gasteiger partial charge in [-0.2, -0.15) is 0 Å². The molecule has 0 radical (unpaired) electrons. The minimum Gasteiger partial charge on any atom is -0.467 e. The third kappa shape index (κ3) is 4.93. The third-order valence-corrected chi connectivity index (χ3v) is 5.07. The Bertz CT molecular complexity index is 940. The minimum atomic E-state index is -0.578. The second kappa shape index (κ2) is 8.79. The maximum absolute atomic E-state index is 12.0. The summed E-state index contributed by atoms with van der Waals surface area (Å²) in [6.45, 7) is 2.12. The van der Waals surface area contributed by atoms with Crippen LogP contribution in [-0.4, -0.2) is 27.2 Å². The van der Waals surface area contributed by atoms with Gasteiger partial charge in [0.05, 0.1) is 24.2 Å². The van der Waals surface area contributed by atoms with E-state index in [-0.39, 0.29) is 12.3 Å². The summed E-state index contributed by atoms with van der Waals surface area (Å²) in [6, 6.07) is 8.48. The lowest BCUT2D eigenvalue weighted by Gasteiger charge is -2.11. The van der Waals surface area contributed by atoms with E-state index in [1.165, 1.54) is 18.0 Å². The third-order valence-electron chi connectivity index (χ3n) is 3.69. The second-order valence-electron chi connectivity index (χ2n) is 5.56. The number of carbonyl (C=O) groups is 2. The standard InChI is InChI=1S/C18H17ClN4O3S/c1-12-14(19)5-2-6-15(12)23-8-7-20-18(23)27-11-16(24)22-17(25)21-10-13-4-3-9-26-13/h2-9H,10-11H2,1H3,(H2,21,22,24,25). The molecule has 2 aromatic heterocycles. The van der Waals surface area contributed by atoms with Crippen molar-refractivity contribution in [3.63, 3.8) is 0 Å². The van der Waals surface area contributed by atoms with Gasteiger partial charge >= 0.3 is 6.03 Å². The monoisotopic (exact) mass is 404 g/mol. The maximum atomic E-state index is 12.0. The van der Waals surface area contributed by atoms with Crippen LogP contribution in [0.25, 0.3) is 5.69 Å². The number of urea groups is 1. The van der Waals surface area contributed by atoms with E-state index < -0.39 is 11.9 Å². The van der Waals surface area contributed by atoms with Gasteiger partial charge < -0.3 is 9.73 Å². The van der Waals surface area contributed by atoms with E-state index >= 15 is 0 Å². The Hall–Kier alpha value is -2.71. The fraction of sp³-hybridized carbons (Fsp3) is 0.167. The topological polar surface area (TPSA) is 89.2 Å². The van der Waals surface area contributed by atoms with Crippen LogP contribution in [0.1, 0.15) is 11.3 Å². The number of hydrogen-bond donors (Lipinski definition) is 2. The van der Waals surface area contributed by atoms with Crippen LogP contribution in [0.2, 0.25) is 5.02 Å². The number of thioether (sulfide) groups is 1. The largest absolute Gasteiger partial charge is 0.467 e. The molecule has 140 valence electrons. The lowest BCUT2D eigenvalue weighted by atomic mass is 10.2. The van der Waals surface area contributed by atoms with Crippen LogP contribution >= 0.6 is 23.4 Å². The lowest BCUT2D eigenvalue weighted by Crippen LogP contribution is -2.39. The molecule has 0 aliphatic heterocycles. The highest BCUT2D eigenvalue weighted by Gasteiger charge is 2.13. The predicted molar refractivity (Wildman–Crippen MR) is 103 cm³/mol. The number of carbonyl (C=O) groups excluding carboxylic acids is 2. The molecular weight excluding hydrogens is 388 g/mol. The van der Waals surface area contributed by atoms with Crippen molar-refractivity contribution < 1.29 is 14.0 Å². The van der Waals surface area contributed by atoms with Gasteiger partial charge in [0, 0.05) is 17.4 Å². The molecule has 0 saturated heterocycles. The SMILES string of the molecule is Cc1c(Cl)cccc1-n1ccnc1SCC(=O)NC(=O)NCc1ccco1. The molecule has 3 aromatic rings. The number of aromatic nitrogens is 2. The summed E-state index contributed by atoms with van der Waals surface area (Å²) >= 11 is 7.41.